The Morgan fingerprint density at radius 2 is 1.58 bits per heavy atom. The Bertz CT molecular complexity index is 201. The van der Waals surface area contributed by atoms with Gasteiger partial charge in [-0.2, -0.15) is 12.6 Å². The molecule has 1 saturated heterocycles. The molecular formula is C16H33NOS. The molecule has 0 bridgehead atoms. The number of thiol groups is 1. The van der Waals surface area contributed by atoms with Crippen LogP contribution in [-0.4, -0.2) is 41.5 Å². The maximum Gasteiger partial charge on any atom is 0.0586 e. The Hall–Kier alpha value is 0.270. The summed E-state index contributed by atoms with van der Waals surface area (Å²) in [7, 11) is 0. The third-order valence-electron chi connectivity index (χ3n) is 4.31. The minimum absolute atomic E-state index is 0.351. The van der Waals surface area contributed by atoms with Gasteiger partial charge in [0, 0.05) is 6.04 Å². The zero-order valence-electron chi connectivity index (χ0n) is 12.5. The van der Waals surface area contributed by atoms with Crippen LogP contribution >= 0.6 is 12.6 Å². The number of aliphatic hydroxyl groups is 1. The molecule has 0 spiro atoms. The fourth-order valence-electron chi connectivity index (χ4n) is 3.05. The fraction of sp³-hybridized carbons (Fsp3) is 1.00. The Morgan fingerprint density at radius 1 is 0.895 bits per heavy atom. The standard InChI is InChI=1S/C16H33NOS/c18-15-16-11-7-6-9-13-17(16)12-8-4-2-1-3-5-10-14-19/h16,18-19H,1-15H2. The summed E-state index contributed by atoms with van der Waals surface area (Å²) in [5, 5.41) is 9.46. The van der Waals surface area contributed by atoms with E-state index in [1.807, 2.05) is 0 Å². The van der Waals surface area contributed by atoms with Crippen LogP contribution in [0.1, 0.15) is 70.6 Å². The molecule has 1 heterocycles. The molecule has 2 nitrogen and oxygen atoms in total. The lowest BCUT2D eigenvalue weighted by atomic mass is 10.1. The number of hydrogen-bond donors (Lipinski definition) is 2. The van der Waals surface area contributed by atoms with Crippen LogP contribution < -0.4 is 0 Å². The monoisotopic (exact) mass is 287 g/mol. The molecular weight excluding hydrogens is 254 g/mol. The maximum atomic E-state index is 9.46. The van der Waals surface area contributed by atoms with E-state index in [4.69, 9.17) is 0 Å². The molecule has 0 radical (unpaired) electrons. The fourth-order valence-corrected chi connectivity index (χ4v) is 3.27. The summed E-state index contributed by atoms with van der Waals surface area (Å²) in [6.45, 7) is 2.75. The van der Waals surface area contributed by atoms with Gasteiger partial charge in [0.05, 0.1) is 6.61 Å². The van der Waals surface area contributed by atoms with E-state index in [0.717, 1.165) is 5.75 Å². The average molecular weight is 288 g/mol. The number of hydrogen-bond acceptors (Lipinski definition) is 3. The van der Waals surface area contributed by atoms with Crippen LogP contribution in [0.5, 0.6) is 0 Å². The molecule has 1 aliphatic rings. The zero-order chi connectivity index (χ0) is 13.8. The van der Waals surface area contributed by atoms with Crippen molar-refractivity contribution in [3.8, 4) is 0 Å². The van der Waals surface area contributed by atoms with Gasteiger partial charge in [-0.25, -0.2) is 0 Å². The van der Waals surface area contributed by atoms with Crippen molar-refractivity contribution < 1.29 is 5.11 Å². The highest BCUT2D eigenvalue weighted by Gasteiger charge is 2.19. The van der Waals surface area contributed by atoms with Crippen molar-refractivity contribution in [2.75, 3.05) is 25.4 Å². The Kier molecular flexibility index (Phi) is 11.0. The molecule has 0 amide bonds. The molecule has 0 aromatic rings. The minimum Gasteiger partial charge on any atom is -0.395 e. The Labute approximate surface area is 125 Å². The largest absolute Gasteiger partial charge is 0.395 e. The van der Waals surface area contributed by atoms with Crippen molar-refractivity contribution in [1.29, 1.82) is 0 Å². The maximum absolute atomic E-state index is 9.46. The van der Waals surface area contributed by atoms with Crippen molar-refractivity contribution in [1.82, 2.24) is 4.90 Å². The van der Waals surface area contributed by atoms with Gasteiger partial charge in [-0.1, -0.05) is 44.9 Å². The van der Waals surface area contributed by atoms with E-state index in [1.54, 1.807) is 0 Å². The molecule has 1 N–H and O–H groups in total. The van der Waals surface area contributed by atoms with Crippen molar-refractivity contribution in [2.24, 2.45) is 0 Å². The third kappa shape index (κ3) is 8.21. The third-order valence-corrected chi connectivity index (χ3v) is 4.63. The zero-order valence-corrected chi connectivity index (χ0v) is 13.4. The number of rotatable bonds is 10. The highest BCUT2D eigenvalue weighted by Crippen LogP contribution is 2.17. The summed E-state index contributed by atoms with van der Waals surface area (Å²) in [5.74, 6) is 1.04. The SMILES string of the molecule is OCC1CCCCCN1CCCCCCCCCS. The first kappa shape index (κ1) is 17.3. The molecule has 114 valence electrons. The van der Waals surface area contributed by atoms with Crippen LogP contribution in [0.25, 0.3) is 0 Å². The van der Waals surface area contributed by atoms with Gasteiger partial charge in [-0.05, 0) is 44.5 Å². The summed E-state index contributed by atoms with van der Waals surface area (Å²) < 4.78 is 0. The van der Waals surface area contributed by atoms with E-state index >= 15 is 0 Å². The lowest BCUT2D eigenvalue weighted by Crippen LogP contribution is -2.38. The summed E-state index contributed by atoms with van der Waals surface area (Å²) >= 11 is 4.24. The molecule has 19 heavy (non-hydrogen) atoms. The van der Waals surface area contributed by atoms with Gasteiger partial charge in [0.25, 0.3) is 0 Å². The van der Waals surface area contributed by atoms with Crippen molar-refractivity contribution in [2.45, 2.75) is 76.7 Å². The number of unbranched alkanes of at least 4 members (excludes halogenated alkanes) is 6. The second-order valence-corrected chi connectivity index (χ2v) is 6.37. The van der Waals surface area contributed by atoms with E-state index in [0.29, 0.717) is 12.6 Å². The van der Waals surface area contributed by atoms with Gasteiger partial charge in [0.15, 0.2) is 0 Å². The first-order valence-corrected chi connectivity index (χ1v) is 8.97. The van der Waals surface area contributed by atoms with Crippen LogP contribution in [0.15, 0.2) is 0 Å². The quantitative estimate of drug-likeness (QED) is 0.470. The normalized spacial score (nSPS) is 21.5. The van der Waals surface area contributed by atoms with E-state index in [-0.39, 0.29) is 0 Å². The highest BCUT2D eigenvalue weighted by atomic mass is 32.1. The van der Waals surface area contributed by atoms with E-state index in [9.17, 15) is 5.11 Å². The summed E-state index contributed by atoms with van der Waals surface area (Å²) in [6, 6.07) is 0.442. The molecule has 1 fully saturated rings. The number of nitrogens with zero attached hydrogens (tertiary/aromatic N) is 1. The Balaban J connectivity index is 2.00. The van der Waals surface area contributed by atoms with Crippen molar-refractivity contribution in [3.05, 3.63) is 0 Å². The van der Waals surface area contributed by atoms with Gasteiger partial charge < -0.3 is 5.11 Å². The van der Waals surface area contributed by atoms with Crippen LogP contribution in [0.2, 0.25) is 0 Å². The highest BCUT2D eigenvalue weighted by molar-refractivity contribution is 7.80. The van der Waals surface area contributed by atoms with Gasteiger partial charge in [-0.15, -0.1) is 0 Å². The molecule has 1 rings (SSSR count). The average Bonchev–Trinajstić information content (AvgIpc) is 2.66. The topological polar surface area (TPSA) is 23.5 Å². The molecule has 3 heteroatoms. The molecule has 1 atom stereocenters. The minimum atomic E-state index is 0.351. The molecule has 1 aliphatic heterocycles. The Morgan fingerprint density at radius 3 is 2.26 bits per heavy atom. The van der Waals surface area contributed by atoms with Crippen molar-refractivity contribution >= 4 is 12.6 Å². The second kappa shape index (κ2) is 12.0. The van der Waals surface area contributed by atoms with Crippen LogP contribution in [0.3, 0.4) is 0 Å². The summed E-state index contributed by atoms with van der Waals surface area (Å²) in [4.78, 5) is 2.54. The number of aliphatic hydroxyl groups excluding tert-OH is 1. The van der Waals surface area contributed by atoms with Crippen LogP contribution in [-0.2, 0) is 0 Å². The lowest BCUT2D eigenvalue weighted by molar-refractivity contribution is 0.122. The predicted molar refractivity (Wildman–Crippen MR) is 87.1 cm³/mol. The van der Waals surface area contributed by atoms with Gasteiger partial charge >= 0.3 is 0 Å². The van der Waals surface area contributed by atoms with Gasteiger partial charge in [0.2, 0.25) is 0 Å². The lowest BCUT2D eigenvalue weighted by Gasteiger charge is -2.28. The van der Waals surface area contributed by atoms with Gasteiger partial charge in [-0.3, -0.25) is 4.90 Å². The van der Waals surface area contributed by atoms with E-state index in [2.05, 4.69) is 17.5 Å². The first-order chi connectivity index (χ1) is 9.38. The summed E-state index contributed by atoms with van der Waals surface area (Å²) in [5.41, 5.74) is 0. The van der Waals surface area contributed by atoms with Crippen molar-refractivity contribution in [3.63, 3.8) is 0 Å². The molecule has 1 unspecified atom stereocenters. The van der Waals surface area contributed by atoms with Crippen LogP contribution in [0.4, 0.5) is 0 Å². The first-order valence-electron chi connectivity index (χ1n) is 8.34. The van der Waals surface area contributed by atoms with E-state index < -0.39 is 0 Å². The molecule has 0 saturated carbocycles. The van der Waals surface area contributed by atoms with Gasteiger partial charge in [0.1, 0.15) is 0 Å². The smallest absolute Gasteiger partial charge is 0.0586 e. The van der Waals surface area contributed by atoms with Crippen LogP contribution in [0, 0.1) is 0 Å². The molecule has 0 aromatic heterocycles. The predicted octanol–water partition coefficient (Wildman–Crippen LogP) is 3.88. The second-order valence-electron chi connectivity index (χ2n) is 5.92. The molecule has 0 aliphatic carbocycles. The molecule has 0 aromatic carbocycles. The number of likely N-dealkylation sites (tertiary alicyclic amines) is 1. The summed E-state index contributed by atoms with van der Waals surface area (Å²) in [6.07, 6.45) is 14.6. The van der Waals surface area contributed by atoms with E-state index in [1.165, 1.54) is 83.7 Å².